The maximum Gasteiger partial charge on any atom is 0.573 e. The Labute approximate surface area is 197 Å². The smallest absolute Gasteiger partial charge is 0.487 e. The van der Waals surface area contributed by atoms with Gasteiger partial charge in [-0.2, -0.15) is 0 Å². The van der Waals surface area contributed by atoms with Crippen LogP contribution in [0.4, 0.5) is 13.2 Å². The van der Waals surface area contributed by atoms with Crippen LogP contribution in [0.25, 0.3) is 22.5 Å². The van der Waals surface area contributed by atoms with E-state index in [9.17, 15) is 13.2 Å². The highest BCUT2D eigenvalue weighted by atomic mass is 19.4. The van der Waals surface area contributed by atoms with Crippen molar-refractivity contribution in [3.05, 3.63) is 78.4 Å². The highest BCUT2D eigenvalue weighted by Gasteiger charge is 2.31. The Kier molecular flexibility index (Phi) is 6.13. The van der Waals surface area contributed by atoms with E-state index >= 15 is 0 Å². The molecular formula is C24H20F3N5O3. The van der Waals surface area contributed by atoms with E-state index in [1.165, 1.54) is 24.5 Å². The van der Waals surface area contributed by atoms with Gasteiger partial charge in [0, 0.05) is 23.6 Å². The van der Waals surface area contributed by atoms with Crippen molar-refractivity contribution in [1.82, 2.24) is 25.0 Å². The first kappa shape index (κ1) is 22.5. The molecule has 8 nitrogen and oxygen atoms in total. The van der Waals surface area contributed by atoms with Crippen LogP contribution >= 0.6 is 0 Å². The first-order chi connectivity index (χ1) is 16.9. The third-order valence-electron chi connectivity index (χ3n) is 5.22. The van der Waals surface area contributed by atoms with E-state index in [2.05, 4.69) is 25.0 Å². The van der Waals surface area contributed by atoms with E-state index in [-0.39, 0.29) is 12.4 Å². The number of alkyl halides is 3. The molecule has 0 saturated carbocycles. The normalized spacial score (nSPS) is 11.7. The molecular weight excluding hydrogens is 463 g/mol. The fraction of sp³-hybridized carbons (Fsp3) is 0.208. The number of aryl methyl sites for hydroxylation is 2. The summed E-state index contributed by atoms with van der Waals surface area (Å²) in [6.07, 6.45) is 2.03. The predicted octanol–water partition coefficient (Wildman–Crippen LogP) is 5.52. The quantitative estimate of drug-likeness (QED) is 0.297. The summed E-state index contributed by atoms with van der Waals surface area (Å²) in [6, 6.07) is 13.5. The summed E-state index contributed by atoms with van der Waals surface area (Å²) in [5.74, 6) is 0.730. The number of halogens is 3. The molecule has 0 bridgehead atoms. The molecule has 0 unspecified atom stereocenters. The number of oxazole rings is 1. The Morgan fingerprint density at radius 2 is 1.97 bits per heavy atom. The van der Waals surface area contributed by atoms with Crippen molar-refractivity contribution in [2.75, 3.05) is 0 Å². The summed E-state index contributed by atoms with van der Waals surface area (Å²) in [5.41, 5.74) is 2.89. The molecule has 5 rings (SSSR count). The molecule has 35 heavy (non-hydrogen) atoms. The highest BCUT2D eigenvalue weighted by Crippen LogP contribution is 2.29. The van der Waals surface area contributed by atoms with E-state index in [0.29, 0.717) is 28.2 Å². The number of ether oxygens (including phenoxy) is 2. The highest BCUT2D eigenvalue weighted by molar-refractivity contribution is 5.85. The third kappa shape index (κ3) is 5.81. The van der Waals surface area contributed by atoms with Gasteiger partial charge in [0.2, 0.25) is 5.89 Å². The number of H-pyrrole nitrogens is 1. The van der Waals surface area contributed by atoms with E-state index in [1.807, 2.05) is 30.5 Å². The number of nitrogens with zero attached hydrogens (tertiary/aromatic N) is 4. The third-order valence-corrected chi connectivity index (χ3v) is 5.22. The summed E-state index contributed by atoms with van der Waals surface area (Å²) in [4.78, 5) is 7.51. The molecule has 3 aromatic heterocycles. The number of aromatic nitrogens is 5. The minimum atomic E-state index is -4.75. The number of rotatable bonds is 9. The van der Waals surface area contributed by atoms with Crippen LogP contribution in [0.2, 0.25) is 0 Å². The second-order valence-corrected chi connectivity index (χ2v) is 7.83. The van der Waals surface area contributed by atoms with Gasteiger partial charge in [0.05, 0.1) is 6.20 Å². The van der Waals surface area contributed by atoms with Crippen LogP contribution in [0.1, 0.15) is 17.7 Å². The molecule has 180 valence electrons. The van der Waals surface area contributed by atoms with Crippen molar-refractivity contribution in [2.45, 2.75) is 32.4 Å². The van der Waals surface area contributed by atoms with Crippen LogP contribution in [0.3, 0.4) is 0 Å². The van der Waals surface area contributed by atoms with Crippen molar-refractivity contribution in [2.24, 2.45) is 0 Å². The average molecular weight is 483 g/mol. The summed E-state index contributed by atoms with van der Waals surface area (Å²) in [6.45, 7) is 0.993. The van der Waals surface area contributed by atoms with E-state index in [4.69, 9.17) is 9.15 Å². The maximum absolute atomic E-state index is 12.5. The van der Waals surface area contributed by atoms with Gasteiger partial charge in [-0.15, -0.1) is 18.3 Å². The molecule has 0 radical (unpaired) electrons. The molecule has 11 heteroatoms. The molecule has 2 aromatic carbocycles. The molecule has 3 heterocycles. The standard InChI is InChI=1S/C24H20F3N5O3/c25-24(26,27)35-20-6-7-21-17(12-20)13-22(30-21)23-29-18(15-34-23)14-33-19-5-1-3-16(11-19)4-2-9-32-10-8-28-31-32/h1,3,5-8,10-13,15,30H,2,4,9,14H2. The van der Waals surface area contributed by atoms with Gasteiger partial charge >= 0.3 is 6.36 Å². The second kappa shape index (κ2) is 9.53. The largest absolute Gasteiger partial charge is 0.573 e. The molecule has 1 N–H and O–H groups in total. The Balaban J connectivity index is 1.20. The minimum Gasteiger partial charge on any atom is -0.487 e. The summed E-state index contributed by atoms with van der Waals surface area (Å²) in [5, 5.41) is 8.30. The second-order valence-electron chi connectivity index (χ2n) is 7.83. The van der Waals surface area contributed by atoms with Gasteiger partial charge in [-0.3, -0.25) is 4.68 Å². The minimum absolute atomic E-state index is 0.204. The van der Waals surface area contributed by atoms with Crippen molar-refractivity contribution < 1.29 is 27.1 Å². The van der Waals surface area contributed by atoms with Crippen molar-refractivity contribution in [3.63, 3.8) is 0 Å². The molecule has 5 aromatic rings. The number of aromatic amines is 1. The van der Waals surface area contributed by atoms with Crippen LogP contribution in [0.5, 0.6) is 11.5 Å². The molecule has 0 atom stereocenters. The first-order valence-electron chi connectivity index (χ1n) is 10.8. The number of hydrogen-bond donors (Lipinski definition) is 1. The lowest BCUT2D eigenvalue weighted by Crippen LogP contribution is -2.16. The van der Waals surface area contributed by atoms with Crippen LogP contribution in [-0.2, 0) is 19.6 Å². The lowest BCUT2D eigenvalue weighted by molar-refractivity contribution is -0.274. The molecule has 0 spiro atoms. The predicted molar refractivity (Wildman–Crippen MR) is 120 cm³/mol. The fourth-order valence-corrected chi connectivity index (χ4v) is 3.67. The zero-order valence-corrected chi connectivity index (χ0v) is 18.3. The Hall–Kier alpha value is -4.28. The van der Waals surface area contributed by atoms with Crippen LogP contribution in [0.15, 0.2) is 71.6 Å². The molecule has 0 aliphatic heterocycles. The Morgan fingerprint density at radius 3 is 2.80 bits per heavy atom. The molecule has 0 aliphatic rings. The Bertz CT molecular complexity index is 1410. The topological polar surface area (TPSA) is 91.0 Å². The zero-order valence-electron chi connectivity index (χ0n) is 18.3. The van der Waals surface area contributed by atoms with Crippen LogP contribution in [-0.4, -0.2) is 31.3 Å². The number of hydrogen-bond acceptors (Lipinski definition) is 6. The SMILES string of the molecule is FC(F)(F)Oc1ccc2[nH]c(-c3nc(COc4cccc(CCCn5ccnn5)c4)co3)cc2c1. The van der Waals surface area contributed by atoms with E-state index < -0.39 is 6.36 Å². The zero-order chi connectivity index (χ0) is 24.3. The first-order valence-corrected chi connectivity index (χ1v) is 10.8. The fourth-order valence-electron chi connectivity index (χ4n) is 3.67. The van der Waals surface area contributed by atoms with Crippen LogP contribution in [0, 0.1) is 0 Å². The number of fused-ring (bicyclic) bond motifs is 1. The summed E-state index contributed by atoms with van der Waals surface area (Å²) in [7, 11) is 0. The van der Waals surface area contributed by atoms with Gasteiger partial charge in [0.25, 0.3) is 0 Å². The lowest BCUT2D eigenvalue weighted by Gasteiger charge is -2.08. The van der Waals surface area contributed by atoms with Gasteiger partial charge < -0.3 is 18.9 Å². The average Bonchev–Trinajstić information content (AvgIpc) is 3.57. The molecule has 0 amide bonds. The molecule has 0 aliphatic carbocycles. The number of benzene rings is 2. The van der Waals surface area contributed by atoms with E-state index in [1.54, 1.807) is 16.9 Å². The van der Waals surface area contributed by atoms with Crippen LogP contribution < -0.4 is 9.47 Å². The van der Waals surface area contributed by atoms with E-state index in [0.717, 1.165) is 30.7 Å². The van der Waals surface area contributed by atoms with Gasteiger partial charge in [-0.05, 0) is 54.8 Å². The van der Waals surface area contributed by atoms with Crippen molar-refractivity contribution in [1.29, 1.82) is 0 Å². The maximum atomic E-state index is 12.5. The van der Waals surface area contributed by atoms with Gasteiger partial charge in [0.1, 0.15) is 35.8 Å². The molecule has 0 fully saturated rings. The van der Waals surface area contributed by atoms with Crippen molar-refractivity contribution in [3.8, 4) is 23.1 Å². The molecule has 0 saturated heterocycles. The Morgan fingerprint density at radius 1 is 1.06 bits per heavy atom. The van der Waals surface area contributed by atoms with Gasteiger partial charge in [-0.1, -0.05) is 17.3 Å². The van der Waals surface area contributed by atoms with Gasteiger partial charge in [-0.25, -0.2) is 4.98 Å². The number of nitrogens with one attached hydrogen (secondary N) is 1. The summed E-state index contributed by atoms with van der Waals surface area (Å²) < 4.78 is 54.6. The van der Waals surface area contributed by atoms with Crippen molar-refractivity contribution >= 4 is 10.9 Å². The lowest BCUT2D eigenvalue weighted by atomic mass is 10.1. The monoisotopic (exact) mass is 483 g/mol. The summed E-state index contributed by atoms with van der Waals surface area (Å²) >= 11 is 0. The van der Waals surface area contributed by atoms with Gasteiger partial charge in [0.15, 0.2) is 0 Å².